The zero-order valence-electron chi connectivity index (χ0n) is 12.3. The second-order valence-corrected chi connectivity index (χ2v) is 7.58. The monoisotopic (exact) mass is 375 g/mol. The van der Waals surface area contributed by atoms with E-state index in [0.717, 1.165) is 39.3 Å². The van der Waals surface area contributed by atoms with E-state index < -0.39 is 0 Å². The molecular weight excluding hydrogens is 354 g/mol. The number of hydrogen-bond donors (Lipinski definition) is 1. The van der Waals surface area contributed by atoms with Crippen molar-refractivity contribution in [3.63, 3.8) is 0 Å². The summed E-state index contributed by atoms with van der Waals surface area (Å²) >= 11 is 5.27. The predicted molar refractivity (Wildman–Crippen MR) is 88.6 cm³/mol. The maximum absolute atomic E-state index is 12.0. The fourth-order valence-electron chi connectivity index (χ4n) is 2.29. The topological polar surface area (TPSA) is 44.8 Å². The summed E-state index contributed by atoms with van der Waals surface area (Å²) in [4.78, 5) is 17.7. The average Bonchev–Trinajstić information content (AvgIpc) is 2.89. The highest BCUT2D eigenvalue weighted by molar-refractivity contribution is 9.11. The van der Waals surface area contributed by atoms with Crippen molar-refractivity contribution in [2.75, 3.05) is 53.0 Å². The number of amides is 1. The summed E-state index contributed by atoms with van der Waals surface area (Å²) in [5, 5.41) is 3.10. The van der Waals surface area contributed by atoms with Crippen LogP contribution in [0.3, 0.4) is 0 Å². The number of ether oxygens (including phenoxy) is 1. The van der Waals surface area contributed by atoms with Crippen LogP contribution in [0.1, 0.15) is 4.88 Å². The van der Waals surface area contributed by atoms with Crippen LogP contribution in [0.25, 0.3) is 0 Å². The second kappa shape index (κ2) is 8.85. The van der Waals surface area contributed by atoms with Crippen molar-refractivity contribution in [1.82, 2.24) is 15.1 Å². The van der Waals surface area contributed by atoms with Crippen molar-refractivity contribution in [2.24, 2.45) is 0 Å². The van der Waals surface area contributed by atoms with Gasteiger partial charge in [-0.15, -0.1) is 11.3 Å². The maximum Gasteiger partial charge on any atom is 0.236 e. The Morgan fingerprint density at radius 2 is 2.14 bits per heavy atom. The highest BCUT2D eigenvalue weighted by Gasteiger charge is 2.20. The number of nitrogens with one attached hydrogen (secondary N) is 1. The van der Waals surface area contributed by atoms with Crippen molar-refractivity contribution < 1.29 is 9.53 Å². The molecule has 2 heterocycles. The van der Waals surface area contributed by atoms with E-state index in [-0.39, 0.29) is 5.91 Å². The van der Waals surface area contributed by atoms with E-state index in [1.807, 2.05) is 4.90 Å². The first-order valence-corrected chi connectivity index (χ1v) is 8.74. The first kappa shape index (κ1) is 16.9. The van der Waals surface area contributed by atoms with Crippen molar-refractivity contribution in [2.45, 2.75) is 6.54 Å². The van der Waals surface area contributed by atoms with E-state index in [1.165, 1.54) is 8.66 Å². The van der Waals surface area contributed by atoms with Crippen molar-refractivity contribution in [1.29, 1.82) is 0 Å². The minimum atomic E-state index is 0.185. The molecule has 1 N–H and O–H groups in total. The third-order valence-electron chi connectivity index (χ3n) is 3.49. The Hall–Kier alpha value is -0.470. The highest BCUT2D eigenvalue weighted by atomic mass is 79.9. The molecule has 1 aromatic heterocycles. The lowest BCUT2D eigenvalue weighted by molar-refractivity contribution is -0.132. The number of methoxy groups -OCH3 is 1. The predicted octanol–water partition coefficient (Wildman–Crippen LogP) is 1.39. The third-order valence-corrected chi connectivity index (χ3v) is 5.10. The molecule has 1 fully saturated rings. The van der Waals surface area contributed by atoms with Crippen molar-refractivity contribution >= 4 is 33.2 Å². The Bertz CT molecular complexity index is 447. The van der Waals surface area contributed by atoms with Crippen LogP contribution in [-0.4, -0.2) is 68.7 Å². The van der Waals surface area contributed by atoms with Gasteiger partial charge in [0.05, 0.1) is 16.9 Å². The van der Waals surface area contributed by atoms with Crippen molar-refractivity contribution in [3.05, 3.63) is 20.8 Å². The summed E-state index contributed by atoms with van der Waals surface area (Å²) in [5.41, 5.74) is 0. The zero-order chi connectivity index (χ0) is 15.1. The van der Waals surface area contributed by atoms with Crippen LogP contribution in [0.4, 0.5) is 0 Å². The lowest BCUT2D eigenvalue weighted by atomic mass is 10.3. The molecule has 5 nitrogen and oxygen atoms in total. The molecular formula is C14H22BrN3O2S. The molecule has 1 amide bonds. The standard InChI is InChI=1S/C14H22BrN3O2S/c1-20-9-4-16-10-14(19)18-7-5-17(6-8-18)11-12-2-3-13(15)21-12/h2-3,16H,4-11H2,1H3. The number of carbonyl (C=O) groups is 1. The van der Waals surface area contributed by atoms with E-state index in [1.54, 1.807) is 18.4 Å². The average molecular weight is 376 g/mol. The quantitative estimate of drug-likeness (QED) is 0.731. The molecule has 1 aliphatic rings. The summed E-state index contributed by atoms with van der Waals surface area (Å²) in [6.45, 7) is 6.26. The molecule has 118 valence electrons. The Morgan fingerprint density at radius 3 is 2.76 bits per heavy atom. The smallest absolute Gasteiger partial charge is 0.236 e. The maximum atomic E-state index is 12.0. The Morgan fingerprint density at radius 1 is 1.38 bits per heavy atom. The third kappa shape index (κ3) is 5.67. The molecule has 1 saturated heterocycles. The fourth-order valence-corrected chi connectivity index (χ4v) is 3.82. The lowest BCUT2D eigenvalue weighted by Gasteiger charge is -2.34. The van der Waals surface area contributed by atoms with E-state index in [2.05, 4.69) is 38.3 Å². The fraction of sp³-hybridized carbons (Fsp3) is 0.643. The molecule has 0 saturated carbocycles. The Kier molecular flexibility index (Phi) is 7.12. The van der Waals surface area contributed by atoms with Crippen LogP contribution in [0.2, 0.25) is 0 Å². The van der Waals surface area contributed by atoms with Gasteiger partial charge in [-0.05, 0) is 28.1 Å². The molecule has 1 aliphatic heterocycles. The number of carbonyl (C=O) groups excluding carboxylic acids is 1. The van der Waals surface area contributed by atoms with Gasteiger partial charge in [0, 0.05) is 51.3 Å². The SMILES string of the molecule is COCCNCC(=O)N1CCN(Cc2ccc(Br)s2)CC1. The van der Waals surface area contributed by atoms with Gasteiger partial charge >= 0.3 is 0 Å². The molecule has 0 bridgehead atoms. The molecule has 0 aliphatic carbocycles. The Labute approximate surface area is 138 Å². The van der Waals surface area contributed by atoms with Gasteiger partial charge in [-0.3, -0.25) is 9.69 Å². The van der Waals surface area contributed by atoms with E-state index in [9.17, 15) is 4.79 Å². The molecule has 0 radical (unpaired) electrons. The number of nitrogens with zero attached hydrogens (tertiary/aromatic N) is 2. The molecule has 21 heavy (non-hydrogen) atoms. The molecule has 0 spiro atoms. The van der Waals surface area contributed by atoms with Crippen LogP contribution in [-0.2, 0) is 16.1 Å². The van der Waals surface area contributed by atoms with Gasteiger partial charge in [0.2, 0.25) is 5.91 Å². The molecule has 7 heteroatoms. The van der Waals surface area contributed by atoms with Crippen LogP contribution < -0.4 is 5.32 Å². The number of rotatable bonds is 7. The number of thiophene rings is 1. The minimum Gasteiger partial charge on any atom is -0.383 e. The second-order valence-electron chi connectivity index (χ2n) is 5.03. The summed E-state index contributed by atoms with van der Waals surface area (Å²) in [6.07, 6.45) is 0. The Balaban J connectivity index is 1.66. The van der Waals surface area contributed by atoms with Gasteiger partial charge in [0.1, 0.15) is 0 Å². The first-order chi connectivity index (χ1) is 10.2. The van der Waals surface area contributed by atoms with Gasteiger partial charge in [-0.2, -0.15) is 0 Å². The summed E-state index contributed by atoms with van der Waals surface area (Å²) in [6, 6.07) is 4.25. The van der Waals surface area contributed by atoms with Crippen LogP contribution >= 0.6 is 27.3 Å². The molecule has 1 aromatic rings. The molecule has 0 unspecified atom stereocenters. The van der Waals surface area contributed by atoms with Crippen LogP contribution in [0, 0.1) is 0 Å². The molecule has 0 aromatic carbocycles. The zero-order valence-corrected chi connectivity index (χ0v) is 14.7. The van der Waals surface area contributed by atoms with Gasteiger partial charge < -0.3 is 15.0 Å². The van der Waals surface area contributed by atoms with Gasteiger partial charge in [-0.25, -0.2) is 0 Å². The summed E-state index contributed by atoms with van der Waals surface area (Å²) in [5.74, 6) is 0.185. The van der Waals surface area contributed by atoms with Crippen molar-refractivity contribution in [3.8, 4) is 0 Å². The molecule has 0 atom stereocenters. The van der Waals surface area contributed by atoms with E-state index >= 15 is 0 Å². The lowest BCUT2D eigenvalue weighted by Crippen LogP contribution is -2.50. The summed E-state index contributed by atoms with van der Waals surface area (Å²) in [7, 11) is 1.66. The first-order valence-electron chi connectivity index (χ1n) is 7.13. The largest absolute Gasteiger partial charge is 0.383 e. The van der Waals surface area contributed by atoms with Crippen LogP contribution in [0.5, 0.6) is 0 Å². The van der Waals surface area contributed by atoms with E-state index in [4.69, 9.17) is 4.74 Å². The minimum absolute atomic E-state index is 0.185. The number of hydrogen-bond acceptors (Lipinski definition) is 5. The van der Waals surface area contributed by atoms with E-state index in [0.29, 0.717) is 13.2 Å². The van der Waals surface area contributed by atoms with Gasteiger partial charge in [-0.1, -0.05) is 0 Å². The van der Waals surface area contributed by atoms with Gasteiger partial charge in [0.15, 0.2) is 0 Å². The molecule has 2 rings (SSSR count). The van der Waals surface area contributed by atoms with Gasteiger partial charge in [0.25, 0.3) is 0 Å². The normalized spacial score (nSPS) is 16.4. The number of piperazine rings is 1. The highest BCUT2D eigenvalue weighted by Crippen LogP contribution is 2.23. The summed E-state index contributed by atoms with van der Waals surface area (Å²) < 4.78 is 6.12. The number of halogens is 1. The van der Waals surface area contributed by atoms with Crippen LogP contribution in [0.15, 0.2) is 15.9 Å².